The maximum Gasteiger partial charge on any atom is 0.0530 e. The molecule has 0 aliphatic heterocycles. The van der Waals surface area contributed by atoms with Crippen molar-refractivity contribution in [1.29, 1.82) is 0 Å². The van der Waals surface area contributed by atoms with E-state index in [1.165, 1.54) is 5.56 Å². The first-order valence-electron chi connectivity index (χ1n) is 4.80. The van der Waals surface area contributed by atoms with E-state index < -0.39 is 0 Å². The van der Waals surface area contributed by atoms with Crippen LogP contribution in [0.2, 0.25) is 0 Å². The Kier molecular flexibility index (Phi) is 3.56. The molecule has 1 heterocycles. The molecule has 84 valence electrons. The molecule has 0 aliphatic carbocycles. The standard InChI is InChI=1S/C11H12BrN3S/c1-15-6-8(5-14-15)7-16-11-3-2-9(12)4-10(11)13/h2-6H,7,13H2,1H3. The van der Waals surface area contributed by atoms with Crippen molar-refractivity contribution in [3.8, 4) is 0 Å². The van der Waals surface area contributed by atoms with E-state index in [9.17, 15) is 0 Å². The first kappa shape index (κ1) is 11.5. The van der Waals surface area contributed by atoms with Gasteiger partial charge in [-0.25, -0.2) is 0 Å². The lowest BCUT2D eigenvalue weighted by molar-refractivity contribution is 0.767. The Bertz CT molecular complexity index is 496. The summed E-state index contributed by atoms with van der Waals surface area (Å²) in [5, 5.41) is 4.13. The molecule has 1 aromatic carbocycles. The summed E-state index contributed by atoms with van der Waals surface area (Å²) in [6, 6.07) is 5.95. The monoisotopic (exact) mass is 297 g/mol. The molecular weight excluding hydrogens is 286 g/mol. The second-order valence-electron chi connectivity index (χ2n) is 3.49. The molecule has 0 aliphatic rings. The molecule has 2 N–H and O–H groups in total. The molecule has 0 bridgehead atoms. The van der Waals surface area contributed by atoms with E-state index in [-0.39, 0.29) is 0 Å². The van der Waals surface area contributed by atoms with E-state index in [4.69, 9.17) is 5.73 Å². The van der Waals surface area contributed by atoms with Crippen LogP contribution in [0, 0.1) is 0 Å². The highest BCUT2D eigenvalue weighted by Gasteiger charge is 2.02. The zero-order chi connectivity index (χ0) is 11.5. The fraction of sp³-hybridized carbons (Fsp3) is 0.182. The van der Waals surface area contributed by atoms with Gasteiger partial charge in [0.2, 0.25) is 0 Å². The predicted molar refractivity (Wildman–Crippen MR) is 71.3 cm³/mol. The van der Waals surface area contributed by atoms with Gasteiger partial charge in [0.1, 0.15) is 0 Å². The Morgan fingerprint density at radius 1 is 1.50 bits per heavy atom. The van der Waals surface area contributed by atoms with Crippen molar-refractivity contribution in [2.75, 3.05) is 5.73 Å². The molecule has 0 unspecified atom stereocenters. The van der Waals surface area contributed by atoms with Crippen LogP contribution < -0.4 is 5.73 Å². The lowest BCUT2D eigenvalue weighted by Crippen LogP contribution is -1.88. The average molecular weight is 298 g/mol. The van der Waals surface area contributed by atoms with Crippen molar-refractivity contribution in [2.45, 2.75) is 10.6 Å². The first-order chi connectivity index (χ1) is 7.65. The Morgan fingerprint density at radius 2 is 2.31 bits per heavy atom. The van der Waals surface area contributed by atoms with Crippen molar-refractivity contribution in [1.82, 2.24) is 9.78 Å². The lowest BCUT2D eigenvalue weighted by atomic mass is 10.3. The Labute approximate surface area is 107 Å². The largest absolute Gasteiger partial charge is 0.398 e. The minimum absolute atomic E-state index is 0.809. The van der Waals surface area contributed by atoms with Gasteiger partial charge in [-0.1, -0.05) is 15.9 Å². The van der Waals surface area contributed by atoms with E-state index in [0.29, 0.717) is 0 Å². The van der Waals surface area contributed by atoms with Gasteiger partial charge in [0, 0.05) is 39.6 Å². The number of hydrogen-bond acceptors (Lipinski definition) is 3. The van der Waals surface area contributed by atoms with Gasteiger partial charge < -0.3 is 5.73 Å². The topological polar surface area (TPSA) is 43.8 Å². The number of hydrogen-bond donors (Lipinski definition) is 1. The summed E-state index contributed by atoms with van der Waals surface area (Å²) in [7, 11) is 1.92. The summed E-state index contributed by atoms with van der Waals surface area (Å²) >= 11 is 5.12. The summed E-state index contributed by atoms with van der Waals surface area (Å²) in [4.78, 5) is 1.10. The fourth-order valence-electron chi connectivity index (χ4n) is 1.36. The van der Waals surface area contributed by atoms with Gasteiger partial charge in [-0.05, 0) is 18.2 Å². The maximum atomic E-state index is 5.92. The molecule has 16 heavy (non-hydrogen) atoms. The number of rotatable bonds is 3. The van der Waals surface area contributed by atoms with Crippen molar-refractivity contribution in [2.24, 2.45) is 7.05 Å². The van der Waals surface area contributed by atoms with Crippen LogP contribution >= 0.6 is 27.7 Å². The number of nitrogens with two attached hydrogens (primary N) is 1. The van der Waals surface area contributed by atoms with Crippen LogP contribution in [0.5, 0.6) is 0 Å². The fourth-order valence-corrected chi connectivity index (χ4v) is 2.60. The quantitative estimate of drug-likeness (QED) is 0.699. The minimum atomic E-state index is 0.809. The molecule has 0 amide bonds. The Morgan fingerprint density at radius 3 is 2.94 bits per heavy atom. The van der Waals surface area contributed by atoms with Gasteiger partial charge in [0.05, 0.1) is 6.20 Å². The molecule has 1 aromatic heterocycles. The van der Waals surface area contributed by atoms with Gasteiger partial charge in [-0.2, -0.15) is 5.10 Å². The minimum Gasteiger partial charge on any atom is -0.398 e. The average Bonchev–Trinajstić information content (AvgIpc) is 2.63. The van der Waals surface area contributed by atoms with Crippen molar-refractivity contribution in [3.05, 3.63) is 40.6 Å². The normalized spacial score (nSPS) is 10.6. The van der Waals surface area contributed by atoms with E-state index in [1.807, 2.05) is 37.6 Å². The van der Waals surface area contributed by atoms with Crippen LogP contribution in [0.3, 0.4) is 0 Å². The first-order valence-corrected chi connectivity index (χ1v) is 6.58. The molecule has 5 heteroatoms. The highest BCUT2D eigenvalue weighted by molar-refractivity contribution is 9.10. The molecule has 0 fully saturated rings. The number of aromatic nitrogens is 2. The third-order valence-corrected chi connectivity index (χ3v) is 3.78. The third kappa shape index (κ3) is 2.80. The number of benzene rings is 1. The van der Waals surface area contributed by atoms with Gasteiger partial charge in [0.25, 0.3) is 0 Å². The number of thioether (sulfide) groups is 1. The van der Waals surface area contributed by atoms with Crippen LogP contribution in [-0.2, 0) is 12.8 Å². The smallest absolute Gasteiger partial charge is 0.0530 e. The van der Waals surface area contributed by atoms with Gasteiger partial charge in [-0.15, -0.1) is 11.8 Å². The molecule has 0 saturated heterocycles. The Balaban J connectivity index is 2.04. The van der Waals surface area contributed by atoms with Gasteiger partial charge in [0.15, 0.2) is 0 Å². The van der Waals surface area contributed by atoms with Gasteiger partial charge in [-0.3, -0.25) is 4.68 Å². The van der Waals surface area contributed by atoms with E-state index in [1.54, 1.807) is 16.4 Å². The van der Waals surface area contributed by atoms with Gasteiger partial charge >= 0.3 is 0 Å². The Hall–Kier alpha value is -0.940. The third-order valence-electron chi connectivity index (χ3n) is 2.12. The van der Waals surface area contributed by atoms with E-state index >= 15 is 0 Å². The zero-order valence-electron chi connectivity index (χ0n) is 8.85. The molecule has 3 nitrogen and oxygen atoms in total. The summed E-state index contributed by atoms with van der Waals surface area (Å²) in [5.41, 5.74) is 7.93. The van der Waals surface area contributed by atoms with Crippen LogP contribution in [0.1, 0.15) is 5.56 Å². The number of halogens is 1. The van der Waals surface area contributed by atoms with Crippen molar-refractivity contribution < 1.29 is 0 Å². The van der Waals surface area contributed by atoms with Crippen molar-refractivity contribution in [3.63, 3.8) is 0 Å². The maximum absolute atomic E-state index is 5.92. The molecule has 0 saturated carbocycles. The molecule has 2 aromatic rings. The van der Waals surface area contributed by atoms with Crippen LogP contribution in [0.25, 0.3) is 0 Å². The second-order valence-corrected chi connectivity index (χ2v) is 5.43. The highest BCUT2D eigenvalue weighted by Crippen LogP contribution is 2.30. The SMILES string of the molecule is Cn1cc(CSc2ccc(Br)cc2N)cn1. The summed E-state index contributed by atoms with van der Waals surface area (Å²) < 4.78 is 2.82. The molecule has 0 spiro atoms. The van der Waals surface area contributed by atoms with E-state index in [0.717, 1.165) is 20.8 Å². The second kappa shape index (κ2) is 4.93. The summed E-state index contributed by atoms with van der Waals surface area (Å²) in [5.74, 6) is 0.889. The van der Waals surface area contributed by atoms with E-state index in [2.05, 4.69) is 21.0 Å². The highest BCUT2D eigenvalue weighted by atomic mass is 79.9. The molecule has 0 radical (unpaired) electrons. The van der Waals surface area contributed by atoms with Crippen LogP contribution in [0.15, 0.2) is 40.0 Å². The predicted octanol–water partition coefficient (Wildman–Crippen LogP) is 3.06. The number of anilines is 1. The molecule has 0 atom stereocenters. The molecular formula is C11H12BrN3S. The van der Waals surface area contributed by atoms with Crippen molar-refractivity contribution >= 4 is 33.4 Å². The van der Waals surface area contributed by atoms with Crippen LogP contribution in [-0.4, -0.2) is 9.78 Å². The molecule has 2 rings (SSSR count). The number of aryl methyl sites for hydroxylation is 1. The lowest BCUT2D eigenvalue weighted by Gasteiger charge is -2.04. The number of nitrogens with zero attached hydrogens (tertiary/aromatic N) is 2. The summed E-state index contributed by atoms with van der Waals surface area (Å²) in [6.45, 7) is 0. The zero-order valence-corrected chi connectivity index (χ0v) is 11.3. The van der Waals surface area contributed by atoms with Crippen LogP contribution in [0.4, 0.5) is 5.69 Å². The summed E-state index contributed by atoms with van der Waals surface area (Å²) in [6.07, 6.45) is 3.89. The number of nitrogen functional groups attached to an aromatic ring is 1.